The molecule has 0 unspecified atom stereocenters. The topological polar surface area (TPSA) is 83.2 Å². The van der Waals surface area contributed by atoms with Crippen molar-refractivity contribution in [1.29, 1.82) is 0 Å². The largest absolute Gasteiger partial charge is 0.494 e. The fourth-order valence-corrected chi connectivity index (χ4v) is 2.70. The molecule has 0 saturated carbocycles. The van der Waals surface area contributed by atoms with Gasteiger partial charge in [0.1, 0.15) is 5.75 Å². The number of fused-ring (bicyclic) bond motifs is 1. The number of H-pyrrole nitrogens is 1. The molecule has 0 aliphatic rings. The summed E-state index contributed by atoms with van der Waals surface area (Å²) >= 11 is 0. The summed E-state index contributed by atoms with van der Waals surface area (Å²) < 4.78 is 5.35. The van der Waals surface area contributed by atoms with E-state index in [1.807, 2.05) is 37.4 Å². The number of carbonyl (C=O) groups excluding carboxylic acids is 2. The zero-order valence-electron chi connectivity index (χ0n) is 14.5. The highest BCUT2D eigenvalue weighted by atomic mass is 16.5. The van der Waals surface area contributed by atoms with E-state index in [2.05, 4.69) is 15.6 Å². The molecule has 3 N–H and O–H groups in total. The number of hydrogen-bond acceptors (Lipinski definition) is 3. The van der Waals surface area contributed by atoms with Gasteiger partial charge in [-0.2, -0.15) is 0 Å². The monoisotopic (exact) mass is 351 g/mol. The van der Waals surface area contributed by atoms with Gasteiger partial charge in [-0.1, -0.05) is 18.2 Å². The number of aromatic nitrogens is 1. The van der Waals surface area contributed by atoms with Crippen LogP contribution < -0.4 is 15.4 Å². The average Bonchev–Trinajstić information content (AvgIpc) is 3.05. The van der Waals surface area contributed by atoms with Gasteiger partial charge in [-0.15, -0.1) is 0 Å². The normalized spacial score (nSPS) is 10.5. The van der Waals surface area contributed by atoms with Crippen molar-refractivity contribution in [2.75, 3.05) is 18.5 Å². The Morgan fingerprint density at radius 3 is 2.58 bits per heavy atom. The molecule has 26 heavy (non-hydrogen) atoms. The molecule has 0 aliphatic carbocycles. The average molecular weight is 351 g/mol. The third-order valence-electron chi connectivity index (χ3n) is 3.92. The lowest BCUT2D eigenvalue weighted by Gasteiger charge is -2.08. The van der Waals surface area contributed by atoms with Crippen LogP contribution in [0.4, 0.5) is 5.69 Å². The van der Waals surface area contributed by atoms with Gasteiger partial charge in [-0.25, -0.2) is 0 Å². The van der Waals surface area contributed by atoms with Crippen molar-refractivity contribution in [3.8, 4) is 5.75 Å². The van der Waals surface area contributed by atoms with E-state index in [0.717, 1.165) is 22.2 Å². The lowest BCUT2D eigenvalue weighted by atomic mass is 10.1. The maximum Gasteiger partial charge on any atom is 0.243 e. The van der Waals surface area contributed by atoms with Crippen LogP contribution >= 0.6 is 0 Å². The molecule has 6 heteroatoms. The minimum Gasteiger partial charge on any atom is -0.494 e. The molecule has 0 atom stereocenters. The zero-order valence-corrected chi connectivity index (χ0v) is 14.5. The van der Waals surface area contributed by atoms with E-state index in [0.29, 0.717) is 12.3 Å². The first-order valence-electron chi connectivity index (χ1n) is 8.50. The van der Waals surface area contributed by atoms with Gasteiger partial charge in [-0.3, -0.25) is 9.59 Å². The lowest BCUT2D eigenvalue weighted by molar-refractivity contribution is -0.123. The molecular weight excluding hydrogens is 330 g/mol. The number of nitrogens with one attached hydrogen (secondary N) is 3. The standard InChI is InChI=1S/C20H21N3O3/c1-2-26-16-9-7-15(8-10-16)23-20(25)13-22-19(24)11-14-12-21-18-6-4-3-5-17(14)18/h3-10,12,21H,2,11,13H2,1H3,(H,22,24)(H,23,25). The van der Waals surface area contributed by atoms with Crippen molar-refractivity contribution in [3.05, 3.63) is 60.3 Å². The molecule has 0 saturated heterocycles. The van der Waals surface area contributed by atoms with Crippen LogP contribution in [0.2, 0.25) is 0 Å². The Labute approximate surface area is 151 Å². The summed E-state index contributed by atoms with van der Waals surface area (Å²) in [6.07, 6.45) is 2.05. The van der Waals surface area contributed by atoms with Crippen LogP contribution in [0.25, 0.3) is 10.9 Å². The summed E-state index contributed by atoms with van der Waals surface area (Å²) in [6, 6.07) is 14.9. The van der Waals surface area contributed by atoms with Crippen LogP contribution in [0.1, 0.15) is 12.5 Å². The highest BCUT2D eigenvalue weighted by molar-refractivity contribution is 5.95. The second kappa shape index (κ2) is 8.20. The highest BCUT2D eigenvalue weighted by Crippen LogP contribution is 2.18. The van der Waals surface area contributed by atoms with Crippen LogP contribution in [0, 0.1) is 0 Å². The number of benzene rings is 2. The molecule has 0 spiro atoms. The van der Waals surface area contributed by atoms with Gasteiger partial charge >= 0.3 is 0 Å². The smallest absolute Gasteiger partial charge is 0.243 e. The Hall–Kier alpha value is -3.28. The number of rotatable bonds is 7. The third kappa shape index (κ3) is 4.42. The maximum atomic E-state index is 12.1. The predicted molar refractivity (Wildman–Crippen MR) is 101 cm³/mol. The van der Waals surface area contributed by atoms with Gasteiger partial charge in [0, 0.05) is 22.8 Å². The predicted octanol–water partition coefficient (Wildman–Crippen LogP) is 2.86. The molecule has 0 radical (unpaired) electrons. The summed E-state index contributed by atoms with van der Waals surface area (Å²) in [5.41, 5.74) is 2.55. The van der Waals surface area contributed by atoms with E-state index in [9.17, 15) is 9.59 Å². The molecule has 2 aromatic carbocycles. The van der Waals surface area contributed by atoms with E-state index >= 15 is 0 Å². The van der Waals surface area contributed by atoms with Crippen molar-refractivity contribution in [2.24, 2.45) is 0 Å². The van der Waals surface area contributed by atoms with Crippen molar-refractivity contribution < 1.29 is 14.3 Å². The van der Waals surface area contributed by atoms with E-state index < -0.39 is 0 Å². The number of aromatic amines is 1. The molecule has 3 aromatic rings. The molecule has 2 amide bonds. The fraction of sp³-hybridized carbons (Fsp3) is 0.200. The van der Waals surface area contributed by atoms with Crippen molar-refractivity contribution in [2.45, 2.75) is 13.3 Å². The first-order chi connectivity index (χ1) is 12.7. The number of amides is 2. The van der Waals surface area contributed by atoms with Crippen LogP contribution in [-0.4, -0.2) is 29.9 Å². The zero-order chi connectivity index (χ0) is 18.4. The summed E-state index contributed by atoms with van der Waals surface area (Å²) in [4.78, 5) is 27.2. The van der Waals surface area contributed by atoms with Gasteiger partial charge in [0.05, 0.1) is 19.6 Å². The lowest BCUT2D eigenvalue weighted by Crippen LogP contribution is -2.33. The SMILES string of the molecule is CCOc1ccc(NC(=O)CNC(=O)Cc2c[nH]c3ccccc23)cc1. The van der Waals surface area contributed by atoms with Crippen molar-refractivity contribution in [3.63, 3.8) is 0 Å². The molecule has 0 bridgehead atoms. The van der Waals surface area contributed by atoms with Gasteiger partial charge < -0.3 is 20.4 Å². The quantitative estimate of drug-likeness (QED) is 0.612. The fourth-order valence-electron chi connectivity index (χ4n) is 2.70. The summed E-state index contributed by atoms with van der Waals surface area (Å²) in [7, 11) is 0. The van der Waals surface area contributed by atoms with E-state index in [-0.39, 0.29) is 24.8 Å². The number of carbonyl (C=O) groups is 2. The highest BCUT2D eigenvalue weighted by Gasteiger charge is 2.10. The molecule has 0 fully saturated rings. The molecule has 6 nitrogen and oxygen atoms in total. The number of anilines is 1. The maximum absolute atomic E-state index is 12.1. The molecule has 134 valence electrons. The minimum absolute atomic E-state index is 0.0750. The van der Waals surface area contributed by atoms with Crippen LogP contribution in [0.15, 0.2) is 54.7 Å². The number of ether oxygens (including phenoxy) is 1. The second-order valence-electron chi connectivity index (χ2n) is 5.82. The van der Waals surface area contributed by atoms with E-state index in [1.54, 1.807) is 24.3 Å². The number of para-hydroxylation sites is 1. The molecule has 0 aliphatic heterocycles. The Balaban J connectivity index is 1.48. The number of hydrogen-bond donors (Lipinski definition) is 3. The molecule has 3 rings (SSSR count). The van der Waals surface area contributed by atoms with Gasteiger partial charge in [0.2, 0.25) is 11.8 Å². The van der Waals surface area contributed by atoms with Crippen LogP contribution in [0.5, 0.6) is 5.75 Å². The minimum atomic E-state index is -0.276. The molecular formula is C20H21N3O3. The van der Waals surface area contributed by atoms with Gasteiger partial charge in [0.15, 0.2) is 0 Å². The Bertz CT molecular complexity index is 900. The summed E-state index contributed by atoms with van der Waals surface area (Å²) in [6.45, 7) is 2.43. The summed E-state index contributed by atoms with van der Waals surface area (Å²) in [5.74, 6) is 0.274. The Morgan fingerprint density at radius 2 is 1.81 bits per heavy atom. The third-order valence-corrected chi connectivity index (χ3v) is 3.92. The Morgan fingerprint density at radius 1 is 1.04 bits per heavy atom. The van der Waals surface area contributed by atoms with Crippen molar-refractivity contribution >= 4 is 28.4 Å². The van der Waals surface area contributed by atoms with E-state index in [1.165, 1.54) is 0 Å². The van der Waals surface area contributed by atoms with Gasteiger partial charge in [0.25, 0.3) is 0 Å². The van der Waals surface area contributed by atoms with Gasteiger partial charge in [-0.05, 0) is 42.8 Å². The summed E-state index contributed by atoms with van der Waals surface area (Å²) in [5, 5.41) is 6.40. The molecule has 1 aromatic heterocycles. The first-order valence-corrected chi connectivity index (χ1v) is 8.50. The van der Waals surface area contributed by atoms with Crippen LogP contribution in [-0.2, 0) is 16.0 Å². The van der Waals surface area contributed by atoms with Crippen LogP contribution in [0.3, 0.4) is 0 Å². The molecule has 1 heterocycles. The second-order valence-corrected chi connectivity index (χ2v) is 5.82. The first kappa shape index (κ1) is 17.5. The van der Waals surface area contributed by atoms with E-state index in [4.69, 9.17) is 4.74 Å². The van der Waals surface area contributed by atoms with Crippen molar-refractivity contribution in [1.82, 2.24) is 10.3 Å². The Kier molecular flexibility index (Phi) is 5.53.